The van der Waals surface area contributed by atoms with Gasteiger partial charge in [0.05, 0.1) is 5.75 Å². The minimum atomic E-state index is 0.331. The van der Waals surface area contributed by atoms with Gasteiger partial charge >= 0.3 is 0 Å². The zero-order valence-electron chi connectivity index (χ0n) is 7.20. The first kappa shape index (κ1) is 9.71. The molecule has 0 spiro atoms. The van der Waals surface area contributed by atoms with Crippen LogP contribution < -0.4 is 5.73 Å². The topological polar surface area (TPSA) is 58.6 Å². The molecule has 0 aliphatic heterocycles. The number of oxime groups is 1. The Balaban J connectivity index is 2.01. The molecule has 4 heteroatoms. The molecule has 1 rings (SSSR count). The Labute approximate surface area is 77.4 Å². The molecular formula is C8H16N2OS. The van der Waals surface area contributed by atoms with Gasteiger partial charge in [0, 0.05) is 0 Å². The summed E-state index contributed by atoms with van der Waals surface area (Å²) in [7, 11) is 0. The van der Waals surface area contributed by atoms with Gasteiger partial charge in [-0.15, -0.1) is 0 Å². The van der Waals surface area contributed by atoms with Crippen molar-refractivity contribution in [3.8, 4) is 0 Å². The van der Waals surface area contributed by atoms with Crippen LogP contribution in [-0.4, -0.2) is 22.5 Å². The largest absolute Gasteiger partial charge is 0.409 e. The molecule has 12 heavy (non-hydrogen) atoms. The number of rotatable bonds is 4. The second kappa shape index (κ2) is 5.30. The maximum absolute atomic E-state index is 8.28. The van der Waals surface area contributed by atoms with Crippen LogP contribution >= 0.6 is 11.8 Å². The van der Waals surface area contributed by atoms with Crippen molar-refractivity contribution in [2.24, 2.45) is 16.8 Å². The SMILES string of the molecule is NC(CSCC1CCCC1)=NO. The third-order valence-corrected chi connectivity index (χ3v) is 3.41. The predicted molar refractivity (Wildman–Crippen MR) is 52.7 cm³/mol. The second-order valence-corrected chi connectivity index (χ2v) is 4.29. The van der Waals surface area contributed by atoms with Gasteiger partial charge in [-0.1, -0.05) is 18.0 Å². The molecule has 0 atom stereocenters. The average Bonchev–Trinajstić information content (AvgIpc) is 2.57. The molecule has 1 fully saturated rings. The number of amidine groups is 1. The molecule has 0 bridgehead atoms. The molecule has 3 nitrogen and oxygen atoms in total. The molecule has 0 amide bonds. The number of thioether (sulfide) groups is 1. The van der Waals surface area contributed by atoms with Gasteiger partial charge in [-0.05, 0) is 24.5 Å². The quantitative estimate of drug-likeness (QED) is 0.305. The number of hydrogen-bond acceptors (Lipinski definition) is 3. The summed E-state index contributed by atoms with van der Waals surface area (Å²) < 4.78 is 0. The Hall–Kier alpha value is -0.380. The van der Waals surface area contributed by atoms with Gasteiger partial charge in [-0.2, -0.15) is 11.8 Å². The summed E-state index contributed by atoms with van der Waals surface area (Å²) in [6, 6.07) is 0. The van der Waals surface area contributed by atoms with E-state index in [1.807, 2.05) is 0 Å². The molecule has 0 aromatic heterocycles. The Bertz CT molecular complexity index is 155. The summed E-state index contributed by atoms with van der Waals surface area (Å²) in [5.74, 6) is 3.03. The van der Waals surface area contributed by atoms with Crippen LogP contribution in [0.4, 0.5) is 0 Å². The van der Waals surface area contributed by atoms with E-state index >= 15 is 0 Å². The summed E-state index contributed by atoms with van der Waals surface area (Å²) in [5, 5.41) is 11.2. The Morgan fingerprint density at radius 3 is 2.75 bits per heavy atom. The standard InChI is InChI=1S/C8H16N2OS/c9-8(10-11)6-12-5-7-3-1-2-4-7/h7,11H,1-6H2,(H2,9,10). The van der Waals surface area contributed by atoms with E-state index in [1.54, 1.807) is 11.8 Å². The maximum atomic E-state index is 8.28. The number of nitrogens with two attached hydrogens (primary N) is 1. The highest BCUT2D eigenvalue weighted by atomic mass is 32.2. The van der Waals surface area contributed by atoms with E-state index in [0.717, 1.165) is 11.7 Å². The monoisotopic (exact) mass is 188 g/mol. The van der Waals surface area contributed by atoms with Crippen molar-refractivity contribution in [3.05, 3.63) is 0 Å². The summed E-state index contributed by atoms with van der Waals surface area (Å²) in [6.07, 6.45) is 5.50. The van der Waals surface area contributed by atoms with Crippen molar-refractivity contribution in [1.82, 2.24) is 0 Å². The van der Waals surface area contributed by atoms with Crippen LogP contribution in [0, 0.1) is 5.92 Å². The van der Waals surface area contributed by atoms with Crippen molar-refractivity contribution >= 4 is 17.6 Å². The minimum absolute atomic E-state index is 0.331. The maximum Gasteiger partial charge on any atom is 0.149 e. The Morgan fingerprint density at radius 2 is 2.17 bits per heavy atom. The molecule has 0 unspecified atom stereocenters. The van der Waals surface area contributed by atoms with E-state index in [-0.39, 0.29) is 0 Å². The molecule has 3 N–H and O–H groups in total. The van der Waals surface area contributed by atoms with Crippen molar-refractivity contribution in [1.29, 1.82) is 0 Å². The number of hydrogen-bond donors (Lipinski definition) is 2. The fourth-order valence-corrected chi connectivity index (χ4v) is 2.59. The van der Waals surface area contributed by atoms with Crippen LogP contribution in [0.1, 0.15) is 25.7 Å². The molecule has 0 aromatic carbocycles. The smallest absolute Gasteiger partial charge is 0.149 e. The average molecular weight is 188 g/mol. The molecule has 70 valence electrons. The fourth-order valence-electron chi connectivity index (χ4n) is 1.54. The van der Waals surface area contributed by atoms with Crippen LogP contribution in [0.2, 0.25) is 0 Å². The summed E-state index contributed by atoms with van der Waals surface area (Å²) >= 11 is 1.77. The zero-order valence-corrected chi connectivity index (χ0v) is 8.02. The molecular weight excluding hydrogens is 172 g/mol. The highest BCUT2D eigenvalue weighted by Gasteiger charge is 2.14. The second-order valence-electron chi connectivity index (χ2n) is 3.26. The lowest BCUT2D eigenvalue weighted by atomic mass is 10.1. The van der Waals surface area contributed by atoms with Crippen LogP contribution in [0.25, 0.3) is 0 Å². The van der Waals surface area contributed by atoms with Crippen LogP contribution in [0.5, 0.6) is 0 Å². The zero-order chi connectivity index (χ0) is 8.81. The van der Waals surface area contributed by atoms with Gasteiger partial charge in [-0.25, -0.2) is 0 Å². The lowest BCUT2D eigenvalue weighted by Gasteiger charge is -2.06. The lowest BCUT2D eigenvalue weighted by molar-refractivity contribution is 0.318. The molecule has 0 radical (unpaired) electrons. The highest BCUT2D eigenvalue weighted by Crippen LogP contribution is 2.27. The van der Waals surface area contributed by atoms with E-state index in [2.05, 4.69) is 5.16 Å². The minimum Gasteiger partial charge on any atom is -0.409 e. The third-order valence-electron chi connectivity index (χ3n) is 2.21. The van der Waals surface area contributed by atoms with Crippen LogP contribution in [0.15, 0.2) is 5.16 Å². The van der Waals surface area contributed by atoms with Gasteiger partial charge in [-0.3, -0.25) is 0 Å². The van der Waals surface area contributed by atoms with Crippen LogP contribution in [-0.2, 0) is 0 Å². The van der Waals surface area contributed by atoms with Crippen molar-refractivity contribution in [3.63, 3.8) is 0 Å². The van der Waals surface area contributed by atoms with Crippen LogP contribution in [0.3, 0.4) is 0 Å². The molecule has 0 aromatic rings. The first-order chi connectivity index (χ1) is 5.83. The predicted octanol–water partition coefficient (Wildman–Crippen LogP) is 1.66. The van der Waals surface area contributed by atoms with E-state index in [0.29, 0.717) is 11.6 Å². The van der Waals surface area contributed by atoms with Crippen molar-refractivity contribution < 1.29 is 5.21 Å². The molecule has 0 saturated heterocycles. The third kappa shape index (κ3) is 3.34. The first-order valence-electron chi connectivity index (χ1n) is 4.37. The fraction of sp³-hybridized carbons (Fsp3) is 0.875. The van der Waals surface area contributed by atoms with E-state index in [1.165, 1.54) is 25.7 Å². The van der Waals surface area contributed by atoms with Gasteiger partial charge in [0.2, 0.25) is 0 Å². The van der Waals surface area contributed by atoms with Crippen molar-refractivity contribution in [2.75, 3.05) is 11.5 Å². The van der Waals surface area contributed by atoms with Gasteiger partial charge in [0.25, 0.3) is 0 Å². The normalized spacial score (nSPS) is 20.2. The highest BCUT2D eigenvalue weighted by molar-refractivity contribution is 7.99. The van der Waals surface area contributed by atoms with E-state index in [9.17, 15) is 0 Å². The summed E-state index contributed by atoms with van der Waals surface area (Å²) in [5.41, 5.74) is 5.34. The van der Waals surface area contributed by atoms with Crippen molar-refractivity contribution in [2.45, 2.75) is 25.7 Å². The summed E-state index contributed by atoms with van der Waals surface area (Å²) in [6.45, 7) is 0. The molecule has 1 saturated carbocycles. The van der Waals surface area contributed by atoms with Gasteiger partial charge in [0.15, 0.2) is 0 Å². The Kier molecular flexibility index (Phi) is 4.29. The molecule has 1 aliphatic carbocycles. The first-order valence-corrected chi connectivity index (χ1v) is 5.52. The van der Waals surface area contributed by atoms with E-state index in [4.69, 9.17) is 10.9 Å². The molecule has 0 heterocycles. The Morgan fingerprint density at radius 1 is 1.50 bits per heavy atom. The van der Waals surface area contributed by atoms with Gasteiger partial charge < -0.3 is 10.9 Å². The lowest BCUT2D eigenvalue weighted by Crippen LogP contribution is -2.15. The number of nitrogens with zero attached hydrogens (tertiary/aromatic N) is 1. The summed E-state index contributed by atoms with van der Waals surface area (Å²) in [4.78, 5) is 0. The van der Waals surface area contributed by atoms with Gasteiger partial charge in [0.1, 0.15) is 5.84 Å². The van der Waals surface area contributed by atoms with E-state index < -0.39 is 0 Å². The molecule has 1 aliphatic rings.